The lowest BCUT2D eigenvalue weighted by Crippen LogP contribution is -2.50. The van der Waals surface area contributed by atoms with E-state index in [0.717, 1.165) is 31.8 Å². The zero-order chi connectivity index (χ0) is 22.6. The maximum absolute atomic E-state index is 12.4. The topological polar surface area (TPSA) is 95.5 Å². The second kappa shape index (κ2) is 15.4. The Bertz CT molecular complexity index is 560. The normalized spacial score (nSPS) is 15.0. The summed E-state index contributed by atoms with van der Waals surface area (Å²) in [7, 11) is 0. The molecule has 182 valence electrons. The van der Waals surface area contributed by atoms with Gasteiger partial charge < -0.3 is 29.9 Å². The van der Waals surface area contributed by atoms with Crippen molar-refractivity contribution in [1.82, 2.24) is 20.4 Å². The number of hydrogen-bond acceptors (Lipinski definition) is 5. The molecule has 10 heteroatoms. The van der Waals surface area contributed by atoms with Gasteiger partial charge in [0.05, 0.1) is 13.2 Å². The van der Waals surface area contributed by atoms with Gasteiger partial charge in [0.15, 0.2) is 5.96 Å². The number of likely N-dealkylation sites (tertiary alicyclic amines) is 1. The van der Waals surface area contributed by atoms with Crippen molar-refractivity contribution >= 4 is 42.1 Å². The van der Waals surface area contributed by atoms with Crippen LogP contribution in [0, 0.1) is 0 Å². The first-order chi connectivity index (χ1) is 14.2. The monoisotopic (exact) mass is 555 g/mol. The molecule has 31 heavy (non-hydrogen) atoms. The summed E-state index contributed by atoms with van der Waals surface area (Å²) in [5.74, 6) is 0.729. The summed E-state index contributed by atoms with van der Waals surface area (Å²) in [4.78, 5) is 32.3. The average molecular weight is 556 g/mol. The first-order valence-corrected chi connectivity index (χ1v) is 11.1. The van der Waals surface area contributed by atoms with Gasteiger partial charge in [-0.1, -0.05) is 6.92 Å². The number of aliphatic imine (C=N–C) groups is 1. The van der Waals surface area contributed by atoms with Crippen LogP contribution in [0.5, 0.6) is 0 Å². The Morgan fingerprint density at radius 1 is 1.13 bits per heavy atom. The van der Waals surface area contributed by atoms with Crippen LogP contribution in [0.3, 0.4) is 0 Å². The van der Waals surface area contributed by atoms with E-state index in [1.54, 1.807) is 9.80 Å². The molecule has 9 nitrogen and oxygen atoms in total. The van der Waals surface area contributed by atoms with Gasteiger partial charge in [-0.2, -0.15) is 0 Å². The number of rotatable bonds is 8. The molecule has 0 aromatic carbocycles. The summed E-state index contributed by atoms with van der Waals surface area (Å²) in [6.45, 7) is 15.6. The Morgan fingerprint density at radius 2 is 1.77 bits per heavy atom. The second-order valence-electron chi connectivity index (χ2n) is 8.33. The summed E-state index contributed by atoms with van der Waals surface area (Å²) < 4.78 is 10.6. The minimum absolute atomic E-state index is 0. The molecule has 0 atom stereocenters. The first-order valence-electron chi connectivity index (χ1n) is 11.1. The summed E-state index contributed by atoms with van der Waals surface area (Å²) in [6, 6.07) is 0.242. The van der Waals surface area contributed by atoms with Crippen molar-refractivity contribution in [3.8, 4) is 0 Å². The molecule has 0 aliphatic carbocycles. The molecule has 0 aromatic rings. The van der Waals surface area contributed by atoms with E-state index in [1.807, 2.05) is 41.5 Å². The van der Waals surface area contributed by atoms with E-state index in [9.17, 15) is 9.59 Å². The van der Waals surface area contributed by atoms with Gasteiger partial charge in [0.25, 0.3) is 0 Å². The van der Waals surface area contributed by atoms with Crippen LogP contribution in [0.1, 0.15) is 60.8 Å². The SMILES string of the molecule is CCCN(CCN=C(NCC)NC1CCN(C(=O)OCC)CC1)C(=O)OC(C)(C)C.I. The lowest BCUT2D eigenvalue weighted by atomic mass is 10.1. The molecule has 0 saturated carbocycles. The summed E-state index contributed by atoms with van der Waals surface area (Å²) >= 11 is 0. The molecule has 1 aliphatic heterocycles. The van der Waals surface area contributed by atoms with Crippen molar-refractivity contribution in [2.24, 2.45) is 4.99 Å². The van der Waals surface area contributed by atoms with E-state index in [4.69, 9.17) is 9.47 Å². The van der Waals surface area contributed by atoms with Gasteiger partial charge in [0, 0.05) is 38.8 Å². The molecule has 0 spiro atoms. The highest BCUT2D eigenvalue weighted by molar-refractivity contribution is 14.0. The molecule has 0 unspecified atom stereocenters. The third-order valence-electron chi connectivity index (χ3n) is 4.49. The number of guanidine groups is 1. The largest absolute Gasteiger partial charge is 0.450 e. The number of nitrogens with one attached hydrogen (secondary N) is 2. The third kappa shape index (κ3) is 12.2. The molecule has 1 rings (SSSR count). The van der Waals surface area contributed by atoms with Gasteiger partial charge in [-0.15, -0.1) is 24.0 Å². The van der Waals surface area contributed by atoms with Crippen LogP contribution >= 0.6 is 24.0 Å². The summed E-state index contributed by atoms with van der Waals surface area (Å²) in [5.41, 5.74) is -0.513. The van der Waals surface area contributed by atoms with E-state index in [-0.39, 0.29) is 42.2 Å². The maximum atomic E-state index is 12.4. The van der Waals surface area contributed by atoms with Crippen LogP contribution in [0.4, 0.5) is 9.59 Å². The van der Waals surface area contributed by atoms with Crippen LogP contribution in [0.25, 0.3) is 0 Å². The minimum atomic E-state index is -0.513. The van der Waals surface area contributed by atoms with E-state index in [2.05, 4.69) is 15.6 Å². The van der Waals surface area contributed by atoms with E-state index in [1.165, 1.54) is 0 Å². The second-order valence-corrected chi connectivity index (χ2v) is 8.33. The molecule has 2 N–H and O–H groups in total. The lowest BCUT2D eigenvalue weighted by molar-refractivity contribution is 0.0255. The molecular weight excluding hydrogens is 513 g/mol. The van der Waals surface area contributed by atoms with Crippen LogP contribution in [0.15, 0.2) is 4.99 Å². The maximum Gasteiger partial charge on any atom is 0.410 e. The van der Waals surface area contributed by atoms with Crippen LogP contribution in [-0.2, 0) is 9.47 Å². The number of carbonyl (C=O) groups is 2. The number of ether oxygens (including phenoxy) is 2. The van der Waals surface area contributed by atoms with Crippen molar-refractivity contribution in [3.05, 3.63) is 0 Å². The van der Waals surface area contributed by atoms with Crippen LogP contribution < -0.4 is 10.6 Å². The molecule has 0 radical (unpaired) electrons. The molecule has 0 bridgehead atoms. The van der Waals surface area contributed by atoms with Crippen molar-refractivity contribution in [2.45, 2.75) is 72.4 Å². The molecule has 1 aliphatic rings. The molecular formula is C21H42IN5O4. The standard InChI is InChI=1S/C21H41N5O4.HI/c1-7-13-25(20(28)30-21(4,5)6)16-12-23-18(22-8-2)24-17-10-14-26(15-11-17)19(27)29-9-3;/h17H,7-16H2,1-6H3,(H2,22,23,24);1H. The minimum Gasteiger partial charge on any atom is -0.450 e. The van der Waals surface area contributed by atoms with Crippen LogP contribution in [-0.4, -0.2) is 85.5 Å². The summed E-state index contributed by atoms with van der Waals surface area (Å²) in [6.07, 6.45) is 1.99. The van der Waals surface area contributed by atoms with Crippen molar-refractivity contribution < 1.29 is 19.1 Å². The Balaban J connectivity index is 0.00000900. The number of carbonyl (C=O) groups excluding carboxylic acids is 2. The number of hydrogen-bond donors (Lipinski definition) is 2. The van der Waals surface area contributed by atoms with Gasteiger partial charge >= 0.3 is 12.2 Å². The Morgan fingerprint density at radius 3 is 2.29 bits per heavy atom. The van der Waals surface area contributed by atoms with Crippen molar-refractivity contribution in [2.75, 3.05) is 45.9 Å². The van der Waals surface area contributed by atoms with Crippen LogP contribution in [0.2, 0.25) is 0 Å². The smallest absolute Gasteiger partial charge is 0.410 e. The number of piperidine rings is 1. The van der Waals surface area contributed by atoms with E-state index < -0.39 is 5.60 Å². The predicted molar refractivity (Wildman–Crippen MR) is 134 cm³/mol. The highest BCUT2D eigenvalue weighted by Gasteiger charge is 2.24. The van der Waals surface area contributed by atoms with E-state index >= 15 is 0 Å². The Kier molecular flexibility index (Phi) is 14.6. The van der Waals surface area contributed by atoms with Gasteiger partial charge in [-0.3, -0.25) is 4.99 Å². The molecule has 0 aromatic heterocycles. The van der Waals surface area contributed by atoms with Crippen molar-refractivity contribution in [3.63, 3.8) is 0 Å². The average Bonchev–Trinajstić information content (AvgIpc) is 2.66. The highest BCUT2D eigenvalue weighted by Crippen LogP contribution is 2.12. The van der Waals surface area contributed by atoms with Gasteiger partial charge in [0.2, 0.25) is 0 Å². The number of halogens is 1. The fourth-order valence-electron chi connectivity index (χ4n) is 3.11. The zero-order valence-electron chi connectivity index (χ0n) is 20.0. The summed E-state index contributed by atoms with van der Waals surface area (Å²) in [5, 5.41) is 6.70. The Hall–Kier alpha value is -1.46. The van der Waals surface area contributed by atoms with E-state index in [0.29, 0.717) is 39.3 Å². The van der Waals surface area contributed by atoms with Crippen molar-refractivity contribution in [1.29, 1.82) is 0 Å². The third-order valence-corrected chi connectivity index (χ3v) is 4.49. The first kappa shape index (κ1) is 29.5. The fraction of sp³-hybridized carbons (Fsp3) is 0.857. The number of amides is 2. The quantitative estimate of drug-likeness (QED) is 0.271. The van der Waals surface area contributed by atoms with Gasteiger partial charge in [0.1, 0.15) is 5.60 Å². The zero-order valence-corrected chi connectivity index (χ0v) is 22.4. The highest BCUT2D eigenvalue weighted by atomic mass is 127. The van der Waals surface area contributed by atoms with Gasteiger partial charge in [-0.25, -0.2) is 9.59 Å². The molecule has 1 saturated heterocycles. The molecule has 1 fully saturated rings. The Labute approximate surface area is 204 Å². The number of nitrogens with zero attached hydrogens (tertiary/aromatic N) is 3. The lowest BCUT2D eigenvalue weighted by Gasteiger charge is -2.32. The van der Waals surface area contributed by atoms with Gasteiger partial charge in [-0.05, 0) is 53.9 Å². The molecule has 2 amide bonds. The molecule has 1 heterocycles. The predicted octanol–water partition coefficient (Wildman–Crippen LogP) is 3.43. The fourth-order valence-corrected chi connectivity index (χ4v) is 3.11.